The molecule has 0 saturated heterocycles. The van der Waals surface area contributed by atoms with E-state index in [1.54, 1.807) is 7.11 Å². The van der Waals surface area contributed by atoms with Gasteiger partial charge in [-0.1, -0.05) is 23.2 Å². The molecule has 0 fully saturated rings. The van der Waals surface area contributed by atoms with E-state index >= 15 is 0 Å². The molecule has 2 rings (SSSR count). The Balaban J connectivity index is 2.25. The van der Waals surface area contributed by atoms with Gasteiger partial charge in [0, 0.05) is 16.8 Å². The summed E-state index contributed by atoms with van der Waals surface area (Å²) in [5, 5.41) is 3.69. The maximum Gasteiger partial charge on any atom is 0.142 e. The fourth-order valence-corrected chi connectivity index (χ4v) is 2.90. The highest BCUT2D eigenvalue weighted by Gasteiger charge is 2.14. The van der Waals surface area contributed by atoms with Gasteiger partial charge in [0.25, 0.3) is 0 Å². The molecule has 0 heterocycles. The van der Waals surface area contributed by atoms with E-state index in [9.17, 15) is 4.39 Å². The lowest BCUT2D eigenvalue weighted by Gasteiger charge is -2.18. The summed E-state index contributed by atoms with van der Waals surface area (Å²) in [5.41, 5.74) is 1.48. The molecule has 0 aliphatic carbocycles. The lowest BCUT2D eigenvalue weighted by molar-refractivity contribution is 0.412. The molecule has 2 aromatic rings. The van der Waals surface area contributed by atoms with E-state index in [1.807, 2.05) is 25.1 Å². The highest BCUT2D eigenvalue weighted by molar-refractivity contribution is 9.10. The van der Waals surface area contributed by atoms with Crippen molar-refractivity contribution in [3.8, 4) is 5.75 Å². The average Bonchev–Trinajstić information content (AvgIpc) is 2.44. The van der Waals surface area contributed by atoms with Crippen LogP contribution in [0.2, 0.25) is 10.0 Å². The summed E-state index contributed by atoms with van der Waals surface area (Å²) >= 11 is 15.2. The largest absolute Gasteiger partial charge is 0.495 e. The minimum absolute atomic E-state index is 0.0151. The van der Waals surface area contributed by atoms with Gasteiger partial charge in [0.15, 0.2) is 0 Å². The number of halogens is 4. The molecule has 0 aliphatic rings. The van der Waals surface area contributed by atoms with Crippen LogP contribution in [0.15, 0.2) is 34.8 Å². The molecule has 0 bridgehead atoms. The summed E-state index contributed by atoms with van der Waals surface area (Å²) in [5.74, 6) is 0.221. The van der Waals surface area contributed by atoms with Gasteiger partial charge in [0.2, 0.25) is 0 Å². The highest BCUT2D eigenvalue weighted by atomic mass is 79.9. The normalized spacial score (nSPS) is 12.1. The van der Waals surface area contributed by atoms with E-state index in [0.29, 0.717) is 16.3 Å². The molecule has 1 atom stereocenters. The Bertz CT molecular complexity index is 666. The van der Waals surface area contributed by atoms with Crippen molar-refractivity contribution in [2.24, 2.45) is 0 Å². The van der Waals surface area contributed by atoms with E-state index in [-0.39, 0.29) is 11.1 Å². The van der Waals surface area contributed by atoms with E-state index in [0.717, 1.165) is 10.2 Å². The zero-order valence-corrected chi connectivity index (χ0v) is 14.5. The SMILES string of the molecule is COc1cc(NC(C)c2cc(F)c(Cl)cc2Cl)ccc1Br. The Hall–Kier alpha value is -0.970. The third kappa shape index (κ3) is 3.82. The average molecular weight is 393 g/mol. The van der Waals surface area contributed by atoms with Crippen LogP contribution in [0.1, 0.15) is 18.5 Å². The monoisotopic (exact) mass is 391 g/mol. The molecule has 2 aromatic carbocycles. The van der Waals surface area contributed by atoms with Crippen molar-refractivity contribution in [3.05, 3.63) is 56.2 Å². The fourth-order valence-electron chi connectivity index (χ4n) is 1.95. The number of anilines is 1. The van der Waals surface area contributed by atoms with Crippen molar-refractivity contribution >= 4 is 44.8 Å². The first-order valence-corrected chi connectivity index (χ1v) is 7.71. The summed E-state index contributed by atoms with van der Waals surface area (Å²) in [6.07, 6.45) is 0. The van der Waals surface area contributed by atoms with Crippen LogP contribution in [0.5, 0.6) is 5.75 Å². The van der Waals surface area contributed by atoms with Crippen LogP contribution >= 0.6 is 39.1 Å². The van der Waals surface area contributed by atoms with Crippen LogP contribution in [0.25, 0.3) is 0 Å². The zero-order chi connectivity index (χ0) is 15.6. The molecule has 0 amide bonds. The van der Waals surface area contributed by atoms with Gasteiger partial charge in [-0.2, -0.15) is 0 Å². The van der Waals surface area contributed by atoms with Crippen molar-refractivity contribution in [3.63, 3.8) is 0 Å². The van der Waals surface area contributed by atoms with Crippen molar-refractivity contribution in [2.75, 3.05) is 12.4 Å². The second-order valence-electron chi connectivity index (χ2n) is 4.50. The van der Waals surface area contributed by atoms with Crippen LogP contribution < -0.4 is 10.1 Å². The van der Waals surface area contributed by atoms with Gasteiger partial charge in [-0.25, -0.2) is 4.39 Å². The van der Waals surface area contributed by atoms with Gasteiger partial charge in [-0.3, -0.25) is 0 Å². The van der Waals surface area contributed by atoms with E-state index in [4.69, 9.17) is 27.9 Å². The lowest BCUT2D eigenvalue weighted by Crippen LogP contribution is -2.08. The van der Waals surface area contributed by atoms with E-state index < -0.39 is 5.82 Å². The minimum Gasteiger partial charge on any atom is -0.495 e. The third-order valence-corrected chi connectivity index (χ3v) is 4.31. The number of hydrogen-bond acceptors (Lipinski definition) is 2. The van der Waals surface area contributed by atoms with Crippen molar-refractivity contribution in [1.29, 1.82) is 0 Å². The number of rotatable bonds is 4. The summed E-state index contributed by atoms with van der Waals surface area (Å²) in [6.45, 7) is 1.89. The lowest BCUT2D eigenvalue weighted by atomic mass is 10.1. The number of benzene rings is 2. The second-order valence-corrected chi connectivity index (χ2v) is 6.17. The van der Waals surface area contributed by atoms with Gasteiger partial charge < -0.3 is 10.1 Å². The predicted octanol–water partition coefficient (Wildman–Crippen LogP) is 6.08. The van der Waals surface area contributed by atoms with Gasteiger partial charge in [0.1, 0.15) is 11.6 Å². The molecule has 1 N–H and O–H groups in total. The number of hydrogen-bond donors (Lipinski definition) is 1. The second kappa shape index (κ2) is 6.86. The molecular formula is C15H13BrCl2FNO. The zero-order valence-electron chi connectivity index (χ0n) is 11.4. The van der Waals surface area contributed by atoms with Crippen LogP contribution in [0.4, 0.5) is 10.1 Å². The standard InChI is InChI=1S/C15H13BrCl2FNO/c1-8(10-6-14(19)13(18)7-12(10)17)20-9-3-4-11(16)15(5-9)21-2/h3-8,20H,1-2H3. The molecule has 0 radical (unpaired) electrons. The topological polar surface area (TPSA) is 21.3 Å². The van der Waals surface area contributed by atoms with Crippen LogP contribution in [0, 0.1) is 5.82 Å². The molecular weight excluding hydrogens is 380 g/mol. The highest BCUT2D eigenvalue weighted by Crippen LogP contribution is 2.33. The fraction of sp³-hybridized carbons (Fsp3) is 0.200. The van der Waals surface area contributed by atoms with Crippen LogP contribution in [-0.4, -0.2) is 7.11 Å². The first-order chi connectivity index (χ1) is 9.92. The molecule has 0 saturated carbocycles. The van der Waals surface area contributed by atoms with Crippen molar-refractivity contribution in [2.45, 2.75) is 13.0 Å². The Morgan fingerprint density at radius 2 is 1.90 bits per heavy atom. The number of nitrogens with one attached hydrogen (secondary N) is 1. The molecule has 6 heteroatoms. The molecule has 2 nitrogen and oxygen atoms in total. The van der Waals surface area contributed by atoms with Gasteiger partial charge >= 0.3 is 0 Å². The molecule has 0 aliphatic heterocycles. The Morgan fingerprint density at radius 3 is 2.57 bits per heavy atom. The summed E-state index contributed by atoms with van der Waals surface area (Å²) < 4.78 is 19.7. The smallest absolute Gasteiger partial charge is 0.142 e. The predicted molar refractivity (Wildman–Crippen MR) is 89.2 cm³/mol. The maximum absolute atomic E-state index is 13.6. The minimum atomic E-state index is -0.488. The molecule has 112 valence electrons. The maximum atomic E-state index is 13.6. The summed E-state index contributed by atoms with van der Waals surface area (Å²) in [4.78, 5) is 0. The van der Waals surface area contributed by atoms with E-state index in [1.165, 1.54) is 12.1 Å². The van der Waals surface area contributed by atoms with Crippen molar-refractivity contribution in [1.82, 2.24) is 0 Å². The summed E-state index contributed by atoms with van der Waals surface area (Å²) in [6, 6.07) is 8.18. The Kier molecular flexibility index (Phi) is 5.36. The van der Waals surface area contributed by atoms with E-state index in [2.05, 4.69) is 21.2 Å². The van der Waals surface area contributed by atoms with Crippen LogP contribution in [-0.2, 0) is 0 Å². The molecule has 0 spiro atoms. The molecule has 1 unspecified atom stereocenters. The van der Waals surface area contributed by atoms with Gasteiger partial charge in [0.05, 0.1) is 22.6 Å². The third-order valence-electron chi connectivity index (χ3n) is 3.04. The Morgan fingerprint density at radius 1 is 1.19 bits per heavy atom. The first-order valence-electron chi connectivity index (χ1n) is 6.17. The van der Waals surface area contributed by atoms with Crippen molar-refractivity contribution < 1.29 is 9.13 Å². The quantitative estimate of drug-likeness (QED) is 0.637. The summed E-state index contributed by atoms with van der Waals surface area (Å²) in [7, 11) is 1.60. The van der Waals surface area contributed by atoms with Crippen LogP contribution in [0.3, 0.4) is 0 Å². The van der Waals surface area contributed by atoms with Gasteiger partial charge in [-0.05, 0) is 52.7 Å². The van der Waals surface area contributed by atoms with Gasteiger partial charge in [-0.15, -0.1) is 0 Å². The Labute approximate surface area is 141 Å². The molecule has 0 aromatic heterocycles. The number of ether oxygens (including phenoxy) is 1. The number of methoxy groups -OCH3 is 1. The first kappa shape index (κ1) is 16.4. The molecule has 21 heavy (non-hydrogen) atoms.